The molecule has 0 aliphatic heterocycles. The summed E-state index contributed by atoms with van der Waals surface area (Å²) in [4.78, 5) is 13.4. The van der Waals surface area contributed by atoms with Crippen molar-refractivity contribution in [3.8, 4) is 0 Å². The molecule has 0 aromatic heterocycles. The lowest BCUT2D eigenvalue weighted by molar-refractivity contribution is -0.131. The maximum absolute atomic E-state index is 11.7. The van der Waals surface area contributed by atoms with Gasteiger partial charge >= 0.3 is 5.97 Å². The van der Waals surface area contributed by atoms with E-state index in [1.54, 1.807) is 0 Å². The molecule has 0 rings (SSSR count). The molecule has 0 radical (unpaired) electrons. The fourth-order valence-corrected chi connectivity index (χ4v) is 0.467. The van der Waals surface area contributed by atoms with E-state index in [9.17, 15) is 9.18 Å². The number of alkyl halides is 1. The second-order valence-electron chi connectivity index (χ2n) is 1.86. The Kier molecular flexibility index (Phi) is 3.87. The Bertz CT molecular complexity index is 211. The van der Waals surface area contributed by atoms with Gasteiger partial charge in [-0.2, -0.15) is 0 Å². The number of carbonyl (C=O) groups is 1. The lowest BCUT2D eigenvalue weighted by Crippen LogP contribution is -2.13. The summed E-state index contributed by atoms with van der Waals surface area (Å²) in [5, 5.41) is 8.19. The number of aliphatic carboxylic acids is 1. The molecule has 0 aliphatic rings. The Balaban J connectivity index is 4.26. The van der Waals surface area contributed by atoms with Crippen LogP contribution in [0.1, 0.15) is 6.92 Å². The first kappa shape index (κ1) is 9.61. The van der Waals surface area contributed by atoms with Crippen LogP contribution in [0.2, 0.25) is 0 Å². The van der Waals surface area contributed by atoms with Gasteiger partial charge in [-0.1, -0.05) is 0 Å². The number of nitrogens with zero attached hydrogens (tertiary/aromatic N) is 1. The highest BCUT2D eigenvalue weighted by molar-refractivity contribution is 5.84. The van der Waals surface area contributed by atoms with Gasteiger partial charge in [0, 0.05) is 11.8 Å². The fourth-order valence-electron chi connectivity index (χ4n) is 0.467. The van der Waals surface area contributed by atoms with Crippen molar-refractivity contribution in [2.75, 3.05) is 6.67 Å². The Hall–Kier alpha value is -1.39. The molecule has 0 saturated carbocycles. The monoisotopic (exact) mass is 160 g/mol. The standard InChI is InChI=1S/C6H9FN2O2/c1-4(2-6(10)11)9-5(8)3-7/h2H,3H2,1H3,(H2,8,9)(H,10,11)/b4-2+. The van der Waals surface area contributed by atoms with Crippen molar-refractivity contribution in [3.63, 3.8) is 0 Å². The number of allylic oxidation sites excluding steroid dienone is 1. The van der Waals surface area contributed by atoms with Crippen LogP contribution < -0.4 is 5.73 Å². The molecule has 0 unspecified atom stereocenters. The van der Waals surface area contributed by atoms with Gasteiger partial charge in [0.2, 0.25) is 0 Å². The second kappa shape index (κ2) is 4.43. The van der Waals surface area contributed by atoms with E-state index in [1.165, 1.54) is 6.92 Å². The summed E-state index contributed by atoms with van der Waals surface area (Å²) in [6.45, 7) is 0.557. The lowest BCUT2D eigenvalue weighted by atomic mass is 10.4. The molecule has 11 heavy (non-hydrogen) atoms. The molecule has 3 N–H and O–H groups in total. The maximum atomic E-state index is 11.7. The summed E-state index contributed by atoms with van der Waals surface area (Å²) in [5.41, 5.74) is 5.16. The predicted molar refractivity (Wildman–Crippen MR) is 39.0 cm³/mol. The number of hydrogen-bond acceptors (Lipinski definition) is 2. The van der Waals surface area contributed by atoms with Crippen LogP contribution in [0.3, 0.4) is 0 Å². The SMILES string of the molecule is C/C(=C\C(=O)O)N=C(N)CF. The fraction of sp³-hybridized carbons (Fsp3) is 0.333. The van der Waals surface area contributed by atoms with Crippen LogP contribution in [-0.4, -0.2) is 23.6 Å². The normalized spacial score (nSPS) is 13.3. The third-order valence-electron chi connectivity index (χ3n) is 0.789. The van der Waals surface area contributed by atoms with Crippen molar-refractivity contribution in [2.45, 2.75) is 6.92 Å². The molecule has 0 bridgehead atoms. The van der Waals surface area contributed by atoms with Gasteiger partial charge in [-0.25, -0.2) is 14.2 Å². The van der Waals surface area contributed by atoms with Gasteiger partial charge in [-0.3, -0.25) is 0 Å². The van der Waals surface area contributed by atoms with Crippen LogP contribution in [0.25, 0.3) is 0 Å². The summed E-state index contributed by atoms with van der Waals surface area (Å²) in [6, 6.07) is 0. The van der Waals surface area contributed by atoms with E-state index in [2.05, 4.69) is 4.99 Å². The van der Waals surface area contributed by atoms with Crippen LogP contribution >= 0.6 is 0 Å². The Morgan fingerprint density at radius 3 is 2.73 bits per heavy atom. The Morgan fingerprint density at radius 2 is 2.36 bits per heavy atom. The molecule has 0 saturated heterocycles. The van der Waals surface area contributed by atoms with E-state index < -0.39 is 12.6 Å². The minimum absolute atomic E-state index is 0.174. The maximum Gasteiger partial charge on any atom is 0.330 e. The number of carboxylic acids is 1. The highest BCUT2D eigenvalue weighted by Gasteiger charge is 1.93. The first-order valence-electron chi connectivity index (χ1n) is 2.86. The minimum atomic E-state index is -1.13. The molecule has 5 heteroatoms. The molecule has 0 amide bonds. The van der Waals surface area contributed by atoms with Crippen molar-refractivity contribution in [3.05, 3.63) is 11.8 Å². The van der Waals surface area contributed by atoms with E-state index in [0.717, 1.165) is 6.08 Å². The molecule has 0 fully saturated rings. The van der Waals surface area contributed by atoms with E-state index in [1.807, 2.05) is 0 Å². The zero-order valence-electron chi connectivity index (χ0n) is 6.04. The van der Waals surface area contributed by atoms with Crippen LogP contribution in [0.4, 0.5) is 4.39 Å². The van der Waals surface area contributed by atoms with Crippen molar-refractivity contribution in [1.82, 2.24) is 0 Å². The van der Waals surface area contributed by atoms with Gasteiger partial charge in [0.15, 0.2) is 0 Å². The first-order chi connectivity index (χ1) is 5.06. The van der Waals surface area contributed by atoms with Crippen molar-refractivity contribution >= 4 is 11.8 Å². The van der Waals surface area contributed by atoms with Crippen molar-refractivity contribution in [2.24, 2.45) is 10.7 Å². The van der Waals surface area contributed by atoms with Gasteiger partial charge in [0.1, 0.15) is 12.5 Å². The molecule has 0 aliphatic carbocycles. The van der Waals surface area contributed by atoms with Crippen LogP contribution in [0.15, 0.2) is 16.8 Å². The van der Waals surface area contributed by atoms with E-state index in [0.29, 0.717) is 0 Å². The molecule has 0 aromatic rings. The number of rotatable bonds is 3. The number of aliphatic imine (C=N–C) groups is 1. The van der Waals surface area contributed by atoms with Crippen LogP contribution in [0, 0.1) is 0 Å². The topological polar surface area (TPSA) is 75.7 Å². The third-order valence-corrected chi connectivity index (χ3v) is 0.789. The molecule has 0 aromatic carbocycles. The number of hydrogen-bond donors (Lipinski definition) is 2. The van der Waals surface area contributed by atoms with Gasteiger partial charge in [-0.15, -0.1) is 0 Å². The molecule has 4 nitrogen and oxygen atoms in total. The minimum Gasteiger partial charge on any atom is -0.478 e. The molecular formula is C6H9FN2O2. The Labute approximate surface area is 63.2 Å². The first-order valence-corrected chi connectivity index (χ1v) is 2.86. The van der Waals surface area contributed by atoms with Gasteiger partial charge in [0.25, 0.3) is 0 Å². The largest absolute Gasteiger partial charge is 0.478 e. The zero-order valence-corrected chi connectivity index (χ0v) is 6.04. The number of carboxylic acid groups (broad SMARTS) is 1. The summed E-state index contributed by atoms with van der Waals surface area (Å²) >= 11 is 0. The number of amidine groups is 1. The Morgan fingerprint density at radius 1 is 1.82 bits per heavy atom. The summed E-state index contributed by atoms with van der Waals surface area (Å²) in [6.07, 6.45) is 0.850. The van der Waals surface area contributed by atoms with Gasteiger partial charge in [0.05, 0.1) is 0 Å². The lowest BCUT2D eigenvalue weighted by Gasteiger charge is -1.92. The van der Waals surface area contributed by atoms with E-state index >= 15 is 0 Å². The molecule has 0 spiro atoms. The molecular weight excluding hydrogens is 151 g/mol. The van der Waals surface area contributed by atoms with Crippen LogP contribution in [0.5, 0.6) is 0 Å². The third kappa shape index (κ3) is 5.07. The zero-order chi connectivity index (χ0) is 8.85. The van der Waals surface area contributed by atoms with Crippen LogP contribution in [-0.2, 0) is 4.79 Å². The van der Waals surface area contributed by atoms with E-state index in [4.69, 9.17) is 10.8 Å². The summed E-state index contributed by atoms with van der Waals surface area (Å²) in [7, 11) is 0. The number of halogens is 1. The molecule has 0 atom stereocenters. The van der Waals surface area contributed by atoms with Gasteiger partial charge in [-0.05, 0) is 6.92 Å². The molecule has 62 valence electrons. The van der Waals surface area contributed by atoms with Gasteiger partial charge < -0.3 is 10.8 Å². The smallest absolute Gasteiger partial charge is 0.330 e. The highest BCUT2D eigenvalue weighted by atomic mass is 19.1. The highest BCUT2D eigenvalue weighted by Crippen LogP contribution is 1.93. The van der Waals surface area contributed by atoms with Crippen molar-refractivity contribution in [1.29, 1.82) is 0 Å². The van der Waals surface area contributed by atoms with Crippen molar-refractivity contribution < 1.29 is 14.3 Å². The predicted octanol–water partition coefficient (Wildman–Crippen LogP) is 0.301. The second-order valence-corrected chi connectivity index (χ2v) is 1.86. The average Bonchev–Trinajstić information content (AvgIpc) is 1.85. The van der Waals surface area contributed by atoms with E-state index in [-0.39, 0.29) is 11.5 Å². The molecule has 0 heterocycles. The summed E-state index contributed by atoms with van der Waals surface area (Å²) in [5.74, 6) is -1.35. The average molecular weight is 160 g/mol. The number of nitrogens with two attached hydrogens (primary N) is 1. The quantitative estimate of drug-likeness (QED) is 0.354. The summed E-state index contributed by atoms with van der Waals surface area (Å²) < 4.78 is 11.7.